The Bertz CT molecular complexity index is 481. The number of amides is 1. The van der Waals surface area contributed by atoms with Crippen LogP contribution in [0.1, 0.15) is 50.2 Å². The summed E-state index contributed by atoms with van der Waals surface area (Å²) >= 11 is 0. The van der Waals surface area contributed by atoms with Crippen molar-refractivity contribution in [3.05, 3.63) is 35.4 Å². The van der Waals surface area contributed by atoms with Crippen LogP contribution >= 0.6 is 0 Å². The van der Waals surface area contributed by atoms with Gasteiger partial charge in [0.1, 0.15) is 0 Å². The van der Waals surface area contributed by atoms with Gasteiger partial charge in [0.2, 0.25) is 5.91 Å². The van der Waals surface area contributed by atoms with Gasteiger partial charge in [-0.1, -0.05) is 37.1 Å². The van der Waals surface area contributed by atoms with Gasteiger partial charge in [-0.25, -0.2) is 0 Å². The van der Waals surface area contributed by atoms with Crippen molar-refractivity contribution in [1.82, 2.24) is 5.32 Å². The summed E-state index contributed by atoms with van der Waals surface area (Å²) in [6.45, 7) is 3.80. The molecule has 0 bridgehead atoms. The highest BCUT2D eigenvalue weighted by Gasteiger charge is 2.40. The fourth-order valence-corrected chi connectivity index (χ4v) is 3.30. The third-order valence-corrected chi connectivity index (χ3v) is 4.70. The molecule has 0 aromatic heterocycles. The minimum absolute atomic E-state index is 0.00151. The second kappa shape index (κ2) is 8.30. The fourth-order valence-electron chi connectivity index (χ4n) is 3.30. The molecule has 0 aliphatic heterocycles. The smallest absolute Gasteiger partial charge is 0.226 e. The van der Waals surface area contributed by atoms with Crippen LogP contribution in [0.15, 0.2) is 24.3 Å². The van der Waals surface area contributed by atoms with Crippen molar-refractivity contribution in [2.45, 2.75) is 52.2 Å². The number of hydrogen-bond acceptors (Lipinski definition) is 3. The predicted octanol–water partition coefficient (Wildman–Crippen LogP) is 2.78. The van der Waals surface area contributed by atoms with Crippen molar-refractivity contribution in [2.75, 3.05) is 13.2 Å². The highest BCUT2D eigenvalue weighted by molar-refractivity contribution is 5.82. The Hall–Kier alpha value is -1.39. The number of rotatable bonds is 8. The Morgan fingerprint density at radius 3 is 2.59 bits per heavy atom. The lowest BCUT2D eigenvalue weighted by Crippen LogP contribution is -2.39. The molecular formula is C18H27NO3. The van der Waals surface area contributed by atoms with E-state index in [4.69, 9.17) is 4.74 Å². The van der Waals surface area contributed by atoms with Crippen LogP contribution in [0.5, 0.6) is 0 Å². The number of carbonyl (C=O) groups is 1. The molecule has 1 aliphatic carbocycles. The number of carbonyl (C=O) groups excluding carboxylic acids is 1. The molecule has 0 atom stereocenters. The summed E-state index contributed by atoms with van der Waals surface area (Å²) in [5.41, 5.74) is 1.59. The molecule has 0 saturated heterocycles. The topological polar surface area (TPSA) is 58.6 Å². The molecule has 4 heteroatoms. The Morgan fingerprint density at radius 2 is 1.95 bits per heavy atom. The summed E-state index contributed by atoms with van der Waals surface area (Å²) in [5, 5.41) is 12.4. The molecule has 1 saturated carbocycles. The maximum atomic E-state index is 12.7. The Morgan fingerprint density at radius 1 is 1.27 bits per heavy atom. The van der Waals surface area contributed by atoms with Crippen molar-refractivity contribution in [2.24, 2.45) is 5.41 Å². The summed E-state index contributed by atoms with van der Waals surface area (Å²) in [6.07, 6.45) is 4.94. The summed E-state index contributed by atoms with van der Waals surface area (Å²) in [6, 6.07) is 7.67. The summed E-state index contributed by atoms with van der Waals surface area (Å²) in [5.74, 6) is 0.137. The lowest BCUT2D eigenvalue weighted by atomic mass is 9.82. The van der Waals surface area contributed by atoms with Crippen LogP contribution in [0.3, 0.4) is 0 Å². The second-order valence-corrected chi connectivity index (χ2v) is 6.04. The van der Waals surface area contributed by atoms with Crippen molar-refractivity contribution in [3.8, 4) is 0 Å². The average Bonchev–Trinajstić information content (AvgIpc) is 3.03. The van der Waals surface area contributed by atoms with Crippen molar-refractivity contribution in [1.29, 1.82) is 0 Å². The maximum absolute atomic E-state index is 12.7. The Kier molecular flexibility index (Phi) is 6.40. The van der Waals surface area contributed by atoms with Gasteiger partial charge in [-0.3, -0.25) is 4.79 Å². The average molecular weight is 305 g/mol. The minimum atomic E-state index is -0.261. The van der Waals surface area contributed by atoms with Crippen LogP contribution in [0.4, 0.5) is 0 Å². The van der Waals surface area contributed by atoms with Crippen molar-refractivity contribution < 1.29 is 14.6 Å². The van der Waals surface area contributed by atoms with Crippen LogP contribution in [-0.4, -0.2) is 24.2 Å². The Labute approximate surface area is 132 Å². The zero-order chi connectivity index (χ0) is 15.8. The highest BCUT2D eigenvalue weighted by Crippen LogP contribution is 2.41. The molecular weight excluding hydrogens is 278 g/mol. The molecule has 0 radical (unpaired) electrons. The van der Waals surface area contributed by atoms with Gasteiger partial charge in [0.05, 0.1) is 12.0 Å². The van der Waals surface area contributed by atoms with Crippen LogP contribution in [0.2, 0.25) is 0 Å². The van der Waals surface area contributed by atoms with Crippen molar-refractivity contribution in [3.63, 3.8) is 0 Å². The molecule has 2 N–H and O–H groups in total. The molecule has 22 heavy (non-hydrogen) atoms. The van der Waals surface area contributed by atoms with Crippen LogP contribution in [0, 0.1) is 5.41 Å². The molecule has 1 aromatic carbocycles. The number of aliphatic hydroxyl groups is 1. The molecule has 1 fully saturated rings. The van der Waals surface area contributed by atoms with Crippen molar-refractivity contribution >= 4 is 5.91 Å². The number of benzene rings is 1. The van der Waals surface area contributed by atoms with E-state index in [-0.39, 0.29) is 17.9 Å². The van der Waals surface area contributed by atoms with E-state index in [1.807, 2.05) is 31.2 Å². The zero-order valence-electron chi connectivity index (χ0n) is 13.4. The molecule has 0 spiro atoms. The molecule has 122 valence electrons. The summed E-state index contributed by atoms with van der Waals surface area (Å²) < 4.78 is 5.46. The van der Waals surface area contributed by atoms with Crippen LogP contribution < -0.4 is 5.32 Å². The monoisotopic (exact) mass is 305 g/mol. The van der Waals surface area contributed by atoms with E-state index in [0.717, 1.165) is 43.2 Å². The highest BCUT2D eigenvalue weighted by atomic mass is 16.5. The first-order valence-corrected chi connectivity index (χ1v) is 8.25. The first kappa shape index (κ1) is 17.0. The third kappa shape index (κ3) is 4.08. The number of ether oxygens (including phenoxy) is 1. The third-order valence-electron chi connectivity index (χ3n) is 4.70. The van der Waals surface area contributed by atoms with E-state index in [9.17, 15) is 9.90 Å². The lowest BCUT2D eigenvalue weighted by molar-refractivity contribution is -0.132. The van der Waals surface area contributed by atoms with Gasteiger partial charge in [0, 0.05) is 19.8 Å². The number of hydrogen-bond donors (Lipinski definition) is 2. The standard InChI is InChI=1S/C18H27NO3/c1-2-22-12-11-18(9-5-6-10-18)17(21)19-13-15-7-3-4-8-16(15)14-20/h3-4,7-8,20H,2,5-6,9-14H2,1H3,(H,19,21). The van der Waals surface area contributed by atoms with E-state index in [1.165, 1.54) is 0 Å². The van der Waals surface area contributed by atoms with Gasteiger partial charge in [0.25, 0.3) is 0 Å². The molecule has 1 amide bonds. The van der Waals surface area contributed by atoms with Gasteiger partial charge >= 0.3 is 0 Å². The second-order valence-electron chi connectivity index (χ2n) is 6.04. The summed E-state index contributed by atoms with van der Waals surface area (Å²) in [7, 11) is 0. The molecule has 1 aliphatic rings. The van der Waals surface area contributed by atoms with E-state index >= 15 is 0 Å². The summed E-state index contributed by atoms with van der Waals surface area (Å²) in [4.78, 5) is 12.7. The number of aliphatic hydroxyl groups excluding tert-OH is 1. The van der Waals surface area contributed by atoms with E-state index in [0.29, 0.717) is 19.8 Å². The first-order chi connectivity index (χ1) is 10.7. The van der Waals surface area contributed by atoms with Gasteiger partial charge < -0.3 is 15.2 Å². The normalized spacial score (nSPS) is 16.6. The molecule has 1 aromatic rings. The maximum Gasteiger partial charge on any atom is 0.226 e. The zero-order valence-corrected chi connectivity index (χ0v) is 13.4. The van der Waals surface area contributed by atoms with E-state index in [1.54, 1.807) is 0 Å². The molecule has 0 heterocycles. The van der Waals surface area contributed by atoms with E-state index < -0.39 is 0 Å². The fraction of sp³-hybridized carbons (Fsp3) is 0.611. The van der Waals surface area contributed by atoms with E-state index in [2.05, 4.69) is 5.32 Å². The Balaban J connectivity index is 1.96. The number of nitrogens with one attached hydrogen (secondary N) is 1. The van der Waals surface area contributed by atoms with Crippen LogP contribution in [-0.2, 0) is 22.7 Å². The van der Waals surface area contributed by atoms with Gasteiger partial charge in [-0.05, 0) is 37.3 Å². The van der Waals surface area contributed by atoms with Gasteiger partial charge in [-0.2, -0.15) is 0 Å². The largest absolute Gasteiger partial charge is 0.392 e. The van der Waals surface area contributed by atoms with Crippen LogP contribution in [0.25, 0.3) is 0 Å². The quantitative estimate of drug-likeness (QED) is 0.726. The first-order valence-electron chi connectivity index (χ1n) is 8.25. The molecule has 4 nitrogen and oxygen atoms in total. The molecule has 0 unspecified atom stereocenters. The predicted molar refractivity (Wildman–Crippen MR) is 86.2 cm³/mol. The SMILES string of the molecule is CCOCCC1(C(=O)NCc2ccccc2CO)CCCC1. The lowest BCUT2D eigenvalue weighted by Gasteiger charge is -2.27. The van der Waals surface area contributed by atoms with Gasteiger partial charge in [0.15, 0.2) is 0 Å². The van der Waals surface area contributed by atoms with Gasteiger partial charge in [-0.15, -0.1) is 0 Å². The minimum Gasteiger partial charge on any atom is -0.392 e. The molecule has 2 rings (SSSR count).